The van der Waals surface area contributed by atoms with Crippen LogP contribution in [0.5, 0.6) is 11.5 Å². The first kappa shape index (κ1) is 17.6. The predicted octanol–water partition coefficient (Wildman–Crippen LogP) is 6.04. The van der Waals surface area contributed by atoms with Gasteiger partial charge in [0.05, 0.1) is 23.2 Å². The standard InChI is InChI=1S/C22H19ClN2O2S/c1-2-26-16-8-5-14(6-9-16)22-25-19(13-18(24-25)21-4-3-11-28-21)17-12-15(23)7-10-20(17)27-22/h3-12,19,22H,2,13H2,1H3/t19-,22+/m1/s1. The van der Waals surface area contributed by atoms with Crippen LogP contribution in [-0.4, -0.2) is 17.3 Å². The van der Waals surface area contributed by atoms with E-state index in [0.717, 1.165) is 34.8 Å². The lowest BCUT2D eigenvalue weighted by atomic mass is 9.97. The number of hydrogen-bond donors (Lipinski definition) is 0. The Kier molecular flexibility index (Phi) is 4.49. The molecule has 28 heavy (non-hydrogen) atoms. The minimum Gasteiger partial charge on any atom is -0.494 e. The molecule has 2 atom stereocenters. The highest BCUT2D eigenvalue weighted by molar-refractivity contribution is 7.12. The zero-order valence-corrected chi connectivity index (χ0v) is 16.9. The van der Waals surface area contributed by atoms with Crippen molar-refractivity contribution in [2.24, 2.45) is 5.10 Å². The van der Waals surface area contributed by atoms with E-state index in [1.165, 1.54) is 4.88 Å². The van der Waals surface area contributed by atoms with Gasteiger partial charge in [0.25, 0.3) is 0 Å². The number of ether oxygens (including phenoxy) is 2. The molecule has 142 valence electrons. The molecule has 0 amide bonds. The second-order valence-electron chi connectivity index (χ2n) is 6.78. The molecule has 0 fully saturated rings. The van der Waals surface area contributed by atoms with Crippen LogP contribution < -0.4 is 9.47 Å². The first-order valence-electron chi connectivity index (χ1n) is 9.31. The van der Waals surface area contributed by atoms with E-state index in [-0.39, 0.29) is 12.3 Å². The number of hydrazone groups is 1. The predicted molar refractivity (Wildman–Crippen MR) is 112 cm³/mol. The summed E-state index contributed by atoms with van der Waals surface area (Å²) in [4.78, 5) is 1.20. The summed E-state index contributed by atoms with van der Waals surface area (Å²) in [6.07, 6.45) is 0.553. The summed E-state index contributed by atoms with van der Waals surface area (Å²) in [6.45, 7) is 2.63. The summed E-state index contributed by atoms with van der Waals surface area (Å²) >= 11 is 7.99. The molecule has 3 aromatic rings. The fourth-order valence-electron chi connectivity index (χ4n) is 3.76. The molecule has 0 spiro atoms. The van der Waals surface area contributed by atoms with Crippen LogP contribution in [0.2, 0.25) is 5.02 Å². The average Bonchev–Trinajstić information content (AvgIpc) is 3.38. The van der Waals surface area contributed by atoms with E-state index in [4.69, 9.17) is 26.2 Å². The van der Waals surface area contributed by atoms with Crippen LogP contribution in [0.1, 0.15) is 41.6 Å². The topological polar surface area (TPSA) is 34.1 Å². The van der Waals surface area contributed by atoms with Gasteiger partial charge in [-0.2, -0.15) is 5.10 Å². The van der Waals surface area contributed by atoms with Crippen LogP contribution >= 0.6 is 22.9 Å². The Bertz CT molecular complexity index is 1020. The molecular weight excluding hydrogens is 392 g/mol. The second kappa shape index (κ2) is 7.15. The van der Waals surface area contributed by atoms with Crippen molar-refractivity contribution >= 4 is 28.6 Å². The lowest BCUT2D eigenvalue weighted by Gasteiger charge is -2.38. The molecule has 5 rings (SSSR count). The third-order valence-electron chi connectivity index (χ3n) is 5.03. The normalized spacial score (nSPS) is 20.2. The third kappa shape index (κ3) is 3.05. The summed E-state index contributed by atoms with van der Waals surface area (Å²) < 4.78 is 12.0. The zero-order chi connectivity index (χ0) is 19.1. The number of rotatable bonds is 4. The molecule has 2 aromatic carbocycles. The Labute approximate surface area is 173 Å². The van der Waals surface area contributed by atoms with Gasteiger partial charge in [0.15, 0.2) is 0 Å². The summed E-state index contributed by atoms with van der Waals surface area (Å²) in [5.74, 6) is 1.72. The Morgan fingerprint density at radius 2 is 2.07 bits per heavy atom. The number of thiophene rings is 1. The second-order valence-corrected chi connectivity index (χ2v) is 8.16. The van der Waals surface area contributed by atoms with Crippen LogP contribution in [0.4, 0.5) is 0 Å². The minimum absolute atomic E-state index is 0.108. The Balaban J connectivity index is 1.55. The molecule has 0 radical (unpaired) electrons. The molecule has 0 saturated carbocycles. The van der Waals surface area contributed by atoms with Gasteiger partial charge in [0.1, 0.15) is 11.5 Å². The summed E-state index contributed by atoms with van der Waals surface area (Å²) in [5.41, 5.74) is 3.22. The molecule has 2 aliphatic heterocycles. The first-order valence-corrected chi connectivity index (χ1v) is 10.6. The van der Waals surface area contributed by atoms with Crippen molar-refractivity contribution in [2.45, 2.75) is 25.6 Å². The Morgan fingerprint density at radius 3 is 2.82 bits per heavy atom. The van der Waals surface area contributed by atoms with Gasteiger partial charge in [0.2, 0.25) is 6.23 Å². The molecule has 0 saturated heterocycles. The fraction of sp³-hybridized carbons (Fsp3) is 0.227. The number of halogens is 1. The maximum absolute atomic E-state index is 6.38. The Hall–Kier alpha value is -2.50. The van der Waals surface area contributed by atoms with Gasteiger partial charge in [-0.1, -0.05) is 17.7 Å². The van der Waals surface area contributed by atoms with E-state index in [2.05, 4.69) is 22.5 Å². The van der Waals surface area contributed by atoms with Gasteiger partial charge in [-0.05, 0) is 60.8 Å². The number of benzene rings is 2. The fourth-order valence-corrected chi connectivity index (χ4v) is 4.67. The van der Waals surface area contributed by atoms with E-state index >= 15 is 0 Å². The van der Waals surface area contributed by atoms with Gasteiger partial charge in [-0.25, -0.2) is 5.01 Å². The molecule has 3 heterocycles. The molecule has 0 aliphatic carbocycles. The minimum atomic E-state index is -0.285. The average molecular weight is 411 g/mol. The largest absolute Gasteiger partial charge is 0.494 e. The van der Waals surface area contributed by atoms with Gasteiger partial charge in [-0.3, -0.25) is 0 Å². The monoisotopic (exact) mass is 410 g/mol. The molecule has 6 heteroatoms. The molecule has 0 N–H and O–H groups in total. The highest BCUT2D eigenvalue weighted by atomic mass is 35.5. The molecule has 2 aliphatic rings. The first-order chi connectivity index (χ1) is 13.7. The van der Waals surface area contributed by atoms with Crippen LogP contribution in [0, 0.1) is 0 Å². The summed E-state index contributed by atoms with van der Waals surface area (Å²) in [7, 11) is 0. The lowest BCUT2D eigenvalue weighted by molar-refractivity contribution is -0.0190. The van der Waals surface area contributed by atoms with Crippen molar-refractivity contribution in [3.05, 3.63) is 81.0 Å². The molecular formula is C22H19ClN2O2S. The van der Waals surface area contributed by atoms with Gasteiger partial charge in [0, 0.05) is 22.6 Å². The van der Waals surface area contributed by atoms with E-state index in [1.54, 1.807) is 11.3 Å². The Morgan fingerprint density at radius 1 is 1.21 bits per heavy atom. The van der Waals surface area contributed by atoms with Crippen molar-refractivity contribution in [3.8, 4) is 11.5 Å². The van der Waals surface area contributed by atoms with Crippen molar-refractivity contribution in [2.75, 3.05) is 6.61 Å². The SMILES string of the molecule is CCOc1ccc([C@@H]2Oc3ccc(Cl)cc3[C@H]3CC(c4cccs4)=NN32)cc1. The smallest absolute Gasteiger partial charge is 0.213 e. The number of hydrogen-bond acceptors (Lipinski definition) is 5. The summed E-state index contributed by atoms with van der Waals surface area (Å²) in [6, 6.07) is 18.2. The molecule has 0 unspecified atom stereocenters. The maximum atomic E-state index is 6.38. The molecule has 0 bridgehead atoms. The highest BCUT2D eigenvalue weighted by Gasteiger charge is 2.41. The van der Waals surface area contributed by atoms with E-state index in [9.17, 15) is 0 Å². The quantitative estimate of drug-likeness (QED) is 0.525. The molecule has 4 nitrogen and oxygen atoms in total. The van der Waals surface area contributed by atoms with Gasteiger partial charge in [-0.15, -0.1) is 11.3 Å². The van der Waals surface area contributed by atoms with Crippen molar-refractivity contribution < 1.29 is 9.47 Å². The highest BCUT2D eigenvalue weighted by Crippen LogP contribution is 2.48. The van der Waals surface area contributed by atoms with E-state index in [0.29, 0.717) is 11.6 Å². The number of nitrogens with zero attached hydrogens (tertiary/aromatic N) is 2. The lowest BCUT2D eigenvalue weighted by Crippen LogP contribution is -2.33. The van der Waals surface area contributed by atoms with Crippen LogP contribution in [-0.2, 0) is 0 Å². The van der Waals surface area contributed by atoms with Crippen molar-refractivity contribution in [1.29, 1.82) is 0 Å². The van der Waals surface area contributed by atoms with Crippen LogP contribution in [0.15, 0.2) is 65.1 Å². The third-order valence-corrected chi connectivity index (χ3v) is 6.19. The van der Waals surface area contributed by atoms with Gasteiger partial charge >= 0.3 is 0 Å². The summed E-state index contributed by atoms with van der Waals surface area (Å²) in [5, 5.41) is 9.83. The zero-order valence-electron chi connectivity index (χ0n) is 15.3. The van der Waals surface area contributed by atoms with Crippen molar-refractivity contribution in [3.63, 3.8) is 0 Å². The van der Waals surface area contributed by atoms with Gasteiger partial charge < -0.3 is 9.47 Å². The van der Waals surface area contributed by atoms with Crippen molar-refractivity contribution in [1.82, 2.24) is 5.01 Å². The molecule has 1 aromatic heterocycles. The van der Waals surface area contributed by atoms with E-state index in [1.807, 2.05) is 49.4 Å². The number of fused-ring (bicyclic) bond motifs is 3. The van der Waals surface area contributed by atoms with E-state index < -0.39 is 0 Å². The van der Waals surface area contributed by atoms with Crippen LogP contribution in [0.25, 0.3) is 0 Å². The maximum Gasteiger partial charge on any atom is 0.213 e. The van der Waals surface area contributed by atoms with Crippen LogP contribution in [0.3, 0.4) is 0 Å².